The van der Waals surface area contributed by atoms with Crippen LogP contribution in [0.2, 0.25) is 0 Å². The van der Waals surface area contributed by atoms with Crippen LogP contribution in [-0.2, 0) is 11.4 Å². The van der Waals surface area contributed by atoms with Crippen molar-refractivity contribution >= 4 is 27.7 Å². The summed E-state index contributed by atoms with van der Waals surface area (Å²) < 4.78 is 11.9. The molecule has 0 aliphatic heterocycles. The smallest absolute Gasteiger partial charge is 0.276 e. The predicted octanol–water partition coefficient (Wildman–Crippen LogP) is 3.87. The van der Waals surface area contributed by atoms with E-state index in [4.69, 9.17) is 9.47 Å². The molecule has 148 valence electrons. The first-order valence-corrected chi connectivity index (χ1v) is 9.64. The van der Waals surface area contributed by atoms with Gasteiger partial charge in [0.1, 0.15) is 18.1 Å². The maximum absolute atomic E-state index is 12.1. The van der Waals surface area contributed by atoms with Gasteiger partial charge in [-0.25, -0.2) is 0 Å². The summed E-state index contributed by atoms with van der Waals surface area (Å²) in [5, 5.41) is 0. The number of rotatable bonds is 7. The van der Waals surface area contributed by atoms with Gasteiger partial charge in [0, 0.05) is 10.0 Å². The first-order valence-electron chi connectivity index (χ1n) is 8.84. The molecule has 0 aromatic heterocycles. The van der Waals surface area contributed by atoms with Crippen LogP contribution >= 0.6 is 15.9 Å². The highest BCUT2D eigenvalue weighted by atomic mass is 79.9. The molecular formula is C22H19BrN2O4. The van der Waals surface area contributed by atoms with E-state index in [0.717, 1.165) is 10.0 Å². The van der Waals surface area contributed by atoms with Gasteiger partial charge in [-0.15, -0.1) is 0 Å². The van der Waals surface area contributed by atoms with E-state index in [9.17, 15) is 9.59 Å². The Kier molecular flexibility index (Phi) is 7.24. The Morgan fingerprint density at radius 1 is 0.759 bits per heavy atom. The van der Waals surface area contributed by atoms with Crippen molar-refractivity contribution < 1.29 is 19.1 Å². The lowest BCUT2D eigenvalue weighted by molar-refractivity contribution is -0.123. The van der Waals surface area contributed by atoms with Crippen molar-refractivity contribution in [3.05, 3.63) is 94.5 Å². The van der Waals surface area contributed by atoms with Crippen LogP contribution in [-0.4, -0.2) is 18.4 Å². The monoisotopic (exact) mass is 454 g/mol. The topological polar surface area (TPSA) is 76.7 Å². The number of hydrazine groups is 1. The van der Waals surface area contributed by atoms with Crippen LogP contribution in [0.15, 0.2) is 83.3 Å². The molecule has 3 rings (SSSR count). The maximum Gasteiger partial charge on any atom is 0.276 e. The number of benzene rings is 3. The van der Waals surface area contributed by atoms with E-state index < -0.39 is 11.8 Å². The fourth-order valence-electron chi connectivity index (χ4n) is 2.36. The average molecular weight is 455 g/mol. The molecule has 0 saturated carbocycles. The lowest BCUT2D eigenvalue weighted by Gasteiger charge is -2.10. The van der Waals surface area contributed by atoms with Crippen molar-refractivity contribution in [2.45, 2.75) is 6.61 Å². The summed E-state index contributed by atoms with van der Waals surface area (Å²) in [5.74, 6) is 0.304. The molecule has 0 fully saturated rings. The van der Waals surface area contributed by atoms with Gasteiger partial charge >= 0.3 is 0 Å². The van der Waals surface area contributed by atoms with Crippen molar-refractivity contribution in [2.75, 3.05) is 6.61 Å². The predicted molar refractivity (Wildman–Crippen MR) is 112 cm³/mol. The van der Waals surface area contributed by atoms with Crippen LogP contribution in [0.1, 0.15) is 15.9 Å². The Hall–Kier alpha value is -3.32. The second-order valence-corrected chi connectivity index (χ2v) is 6.96. The largest absolute Gasteiger partial charge is 0.489 e. The Balaban J connectivity index is 1.41. The average Bonchev–Trinajstić information content (AvgIpc) is 2.76. The first-order chi connectivity index (χ1) is 14.1. The van der Waals surface area contributed by atoms with Crippen LogP contribution in [0.4, 0.5) is 0 Å². The summed E-state index contributed by atoms with van der Waals surface area (Å²) in [6.07, 6.45) is 0. The Labute approximate surface area is 176 Å². The minimum Gasteiger partial charge on any atom is -0.489 e. The van der Waals surface area contributed by atoms with Crippen molar-refractivity contribution in [1.82, 2.24) is 10.9 Å². The lowest BCUT2D eigenvalue weighted by atomic mass is 10.2. The number of hydrogen-bond donors (Lipinski definition) is 2. The van der Waals surface area contributed by atoms with E-state index in [0.29, 0.717) is 23.7 Å². The third-order valence-electron chi connectivity index (χ3n) is 3.86. The van der Waals surface area contributed by atoms with Gasteiger partial charge in [-0.05, 0) is 54.1 Å². The normalized spacial score (nSPS) is 10.1. The van der Waals surface area contributed by atoms with Gasteiger partial charge in [-0.3, -0.25) is 20.4 Å². The SMILES string of the molecule is O=C(COc1ccc(Br)cc1)NNC(=O)c1ccc(OCc2ccccc2)cc1. The lowest BCUT2D eigenvalue weighted by Crippen LogP contribution is -2.43. The zero-order valence-electron chi connectivity index (χ0n) is 15.4. The highest BCUT2D eigenvalue weighted by molar-refractivity contribution is 9.10. The number of hydrogen-bond acceptors (Lipinski definition) is 4. The summed E-state index contributed by atoms with van der Waals surface area (Å²) >= 11 is 3.32. The molecule has 7 heteroatoms. The van der Waals surface area contributed by atoms with Crippen LogP contribution in [0.25, 0.3) is 0 Å². The number of carbonyl (C=O) groups excluding carboxylic acids is 2. The van der Waals surface area contributed by atoms with Crippen LogP contribution in [0.3, 0.4) is 0 Å². The van der Waals surface area contributed by atoms with Crippen molar-refractivity contribution in [3.8, 4) is 11.5 Å². The summed E-state index contributed by atoms with van der Waals surface area (Å²) in [5.41, 5.74) is 6.13. The van der Waals surface area contributed by atoms with Gasteiger partial charge < -0.3 is 9.47 Å². The molecule has 0 unspecified atom stereocenters. The van der Waals surface area contributed by atoms with Crippen LogP contribution < -0.4 is 20.3 Å². The molecule has 0 spiro atoms. The second kappa shape index (κ2) is 10.3. The molecule has 2 amide bonds. The molecule has 0 radical (unpaired) electrons. The molecule has 0 bridgehead atoms. The van der Waals surface area contributed by atoms with Gasteiger partial charge in [0.25, 0.3) is 11.8 Å². The zero-order valence-corrected chi connectivity index (χ0v) is 17.0. The third-order valence-corrected chi connectivity index (χ3v) is 4.39. The number of halogens is 1. The highest BCUT2D eigenvalue weighted by Crippen LogP contribution is 2.16. The van der Waals surface area contributed by atoms with Gasteiger partial charge in [0.15, 0.2) is 6.61 Å². The van der Waals surface area contributed by atoms with Crippen molar-refractivity contribution in [1.29, 1.82) is 0 Å². The molecule has 3 aromatic carbocycles. The number of amides is 2. The van der Waals surface area contributed by atoms with E-state index in [1.54, 1.807) is 36.4 Å². The van der Waals surface area contributed by atoms with Crippen molar-refractivity contribution in [3.63, 3.8) is 0 Å². The number of ether oxygens (including phenoxy) is 2. The first kappa shape index (κ1) is 20.4. The van der Waals surface area contributed by atoms with Gasteiger partial charge in [0.05, 0.1) is 0 Å². The number of carbonyl (C=O) groups is 2. The van der Waals surface area contributed by atoms with E-state index in [1.165, 1.54) is 0 Å². The zero-order chi connectivity index (χ0) is 20.5. The van der Waals surface area contributed by atoms with Gasteiger partial charge in [-0.2, -0.15) is 0 Å². The van der Waals surface area contributed by atoms with Crippen LogP contribution in [0, 0.1) is 0 Å². The molecular weight excluding hydrogens is 436 g/mol. The van der Waals surface area contributed by atoms with E-state index in [1.807, 2.05) is 42.5 Å². The Bertz CT molecular complexity index is 945. The molecule has 3 aromatic rings. The Morgan fingerprint density at radius 2 is 1.38 bits per heavy atom. The third kappa shape index (κ3) is 6.65. The highest BCUT2D eigenvalue weighted by Gasteiger charge is 2.08. The second-order valence-electron chi connectivity index (χ2n) is 6.04. The fraction of sp³-hybridized carbons (Fsp3) is 0.0909. The molecule has 29 heavy (non-hydrogen) atoms. The summed E-state index contributed by atoms with van der Waals surface area (Å²) in [4.78, 5) is 24.0. The summed E-state index contributed by atoms with van der Waals surface area (Å²) in [7, 11) is 0. The van der Waals surface area contributed by atoms with E-state index >= 15 is 0 Å². The van der Waals surface area contributed by atoms with Crippen LogP contribution in [0.5, 0.6) is 11.5 Å². The minimum atomic E-state index is -0.468. The molecule has 0 heterocycles. The summed E-state index contributed by atoms with van der Waals surface area (Å²) in [6, 6.07) is 23.5. The standard InChI is InChI=1S/C22H19BrN2O4/c23-18-8-12-20(13-9-18)29-15-21(26)24-25-22(27)17-6-10-19(11-7-17)28-14-16-4-2-1-3-5-16/h1-13H,14-15H2,(H,24,26)(H,25,27). The van der Waals surface area contributed by atoms with Gasteiger partial charge in [-0.1, -0.05) is 46.3 Å². The molecule has 2 N–H and O–H groups in total. The molecule has 0 aliphatic rings. The summed E-state index contributed by atoms with van der Waals surface area (Å²) in [6.45, 7) is 0.231. The quantitative estimate of drug-likeness (QED) is 0.531. The molecule has 0 saturated heterocycles. The molecule has 0 atom stereocenters. The minimum absolute atomic E-state index is 0.214. The van der Waals surface area contributed by atoms with Crippen molar-refractivity contribution in [2.24, 2.45) is 0 Å². The fourth-order valence-corrected chi connectivity index (χ4v) is 2.62. The van der Waals surface area contributed by atoms with E-state index in [-0.39, 0.29) is 6.61 Å². The maximum atomic E-state index is 12.1. The molecule has 6 nitrogen and oxygen atoms in total. The van der Waals surface area contributed by atoms with Gasteiger partial charge in [0.2, 0.25) is 0 Å². The molecule has 0 aliphatic carbocycles. The van der Waals surface area contributed by atoms with E-state index in [2.05, 4.69) is 26.8 Å². The Morgan fingerprint density at radius 3 is 2.07 bits per heavy atom. The number of nitrogens with one attached hydrogen (secondary N) is 2.